The topological polar surface area (TPSA) is 63.9 Å². The molecule has 0 saturated carbocycles. The van der Waals surface area contributed by atoms with Crippen LogP contribution >= 0.6 is 0 Å². The molecule has 0 aromatic carbocycles. The highest BCUT2D eigenvalue weighted by molar-refractivity contribution is 5.20. The van der Waals surface area contributed by atoms with Crippen LogP contribution in [-0.4, -0.2) is 28.7 Å². The molecule has 0 saturated heterocycles. The van der Waals surface area contributed by atoms with Crippen molar-refractivity contribution >= 4 is 0 Å². The van der Waals surface area contributed by atoms with E-state index in [1.54, 1.807) is 7.11 Å². The van der Waals surface area contributed by atoms with Crippen molar-refractivity contribution in [3.8, 4) is 0 Å². The molecule has 16 heavy (non-hydrogen) atoms. The Kier molecular flexibility index (Phi) is 3.04. The predicted molar refractivity (Wildman–Crippen MR) is 63.4 cm³/mol. The number of methoxy groups -OCH3 is 1. The molecule has 0 radical (unpaired) electrons. The molecule has 0 fully saturated rings. The fourth-order valence-electron chi connectivity index (χ4n) is 2.13. The lowest BCUT2D eigenvalue weighted by Crippen LogP contribution is -2.27. The number of rotatable bonds is 3. The van der Waals surface area contributed by atoms with Gasteiger partial charge in [0.15, 0.2) is 0 Å². The normalized spacial score (nSPS) is 20.9. The Bertz CT molecular complexity index is 370. The third-order valence-corrected chi connectivity index (χ3v) is 3.28. The molecular weight excluding hydrogens is 202 g/mol. The number of aryl methyl sites for hydroxylation is 1. The fourth-order valence-corrected chi connectivity index (χ4v) is 2.13. The van der Waals surface area contributed by atoms with Gasteiger partial charge in [0.1, 0.15) is 5.82 Å². The van der Waals surface area contributed by atoms with Gasteiger partial charge in [0.05, 0.1) is 11.3 Å². The Labute approximate surface area is 96.6 Å². The van der Waals surface area contributed by atoms with Gasteiger partial charge in [-0.15, -0.1) is 0 Å². The number of fused-ring (bicyclic) bond motifs is 1. The molecule has 1 aliphatic carbocycles. The summed E-state index contributed by atoms with van der Waals surface area (Å²) >= 11 is 0. The molecule has 1 aromatic heterocycles. The minimum atomic E-state index is -0.164. The van der Waals surface area contributed by atoms with Gasteiger partial charge in [-0.05, 0) is 26.7 Å². The first-order chi connectivity index (χ1) is 7.50. The van der Waals surface area contributed by atoms with E-state index in [9.17, 15) is 0 Å². The Morgan fingerprint density at radius 3 is 3.00 bits per heavy atom. The molecule has 1 aliphatic rings. The van der Waals surface area contributed by atoms with Crippen molar-refractivity contribution < 1.29 is 4.74 Å². The van der Waals surface area contributed by atoms with Crippen LogP contribution in [0.15, 0.2) is 0 Å². The molecule has 1 unspecified atom stereocenters. The molecular formula is C12H21N3O. The zero-order valence-electron chi connectivity index (χ0n) is 10.3. The maximum atomic E-state index is 5.94. The van der Waals surface area contributed by atoms with Gasteiger partial charge in [0, 0.05) is 31.7 Å². The largest absolute Gasteiger partial charge is 0.378 e. The molecule has 1 heterocycles. The van der Waals surface area contributed by atoms with Gasteiger partial charge in [0.25, 0.3) is 0 Å². The van der Waals surface area contributed by atoms with E-state index < -0.39 is 0 Å². The summed E-state index contributed by atoms with van der Waals surface area (Å²) < 4.78 is 5.41. The minimum absolute atomic E-state index is 0.164. The van der Waals surface area contributed by atoms with Crippen LogP contribution in [0.1, 0.15) is 37.5 Å². The Morgan fingerprint density at radius 1 is 1.56 bits per heavy atom. The molecule has 0 amide bonds. The number of H-pyrrole nitrogens is 1. The zero-order valence-corrected chi connectivity index (χ0v) is 10.3. The summed E-state index contributed by atoms with van der Waals surface area (Å²) in [4.78, 5) is 8.01. The molecule has 2 rings (SSSR count). The first-order valence-corrected chi connectivity index (χ1v) is 5.87. The van der Waals surface area contributed by atoms with Gasteiger partial charge in [-0.2, -0.15) is 0 Å². The third-order valence-electron chi connectivity index (χ3n) is 3.28. The van der Waals surface area contributed by atoms with E-state index >= 15 is 0 Å². The number of nitrogens with one attached hydrogen (secondary N) is 1. The first kappa shape index (κ1) is 11.6. The molecule has 1 atom stereocenters. The summed E-state index contributed by atoms with van der Waals surface area (Å²) in [5.41, 5.74) is 8.20. The predicted octanol–water partition coefficient (Wildman–Crippen LogP) is 1.19. The number of hydrogen-bond donors (Lipinski definition) is 2. The van der Waals surface area contributed by atoms with Crippen molar-refractivity contribution in [2.75, 3.05) is 7.11 Å². The number of hydrogen-bond acceptors (Lipinski definition) is 3. The lowest BCUT2D eigenvalue weighted by atomic mass is 9.97. The number of ether oxygens (including phenoxy) is 1. The quantitative estimate of drug-likeness (QED) is 0.809. The molecule has 0 aliphatic heterocycles. The minimum Gasteiger partial charge on any atom is -0.378 e. The van der Waals surface area contributed by atoms with Gasteiger partial charge in [-0.3, -0.25) is 0 Å². The Morgan fingerprint density at radius 2 is 2.31 bits per heavy atom. The summed E-state index contributed by atoms with van der Waals surface area (Å²) in [6.07, 6.45) is 3.78. The van der Waals surface area contributed by atoms with E-state index in [1.807, 2.05) is 0 Å². The Balaban J connectivity index is 2.13. The van der Waals surface area contributed by atoms with Crippen LogP contribution in [0.3, 0.4) is 0 Å². The maximum absolute atomic E-state index is 5.94. The second kappa shape index (κ2) is 4.18. The average molecular weight is 223 g/mol. The molecule has 4 heteroatoms. The third kappa shape index (κ3) is 2.44. The summed E-state index contributed by atoms with van der Waals surface area (Å²) in [6.45, 7) is 4.14. The van der Waals surface area contributed by atoms with Crippen LogP contribution in [0.2, 0.25) is 0 Å². The first-order valence-electron chi connectivity index (χ1n) is 5.87. The van der Waals surface area contributed by atoms with Crippen LogP contribution in [-0.2, 0) is 24.0 Å². The van der Waals surface area contributed by atoms with Gasteiger partial charge in [0.2, 0.25) is 0 Å². The van der Waals surface area contributed by atoms with Gasteiger partial charge in [-0.25, -0.2) is 4.98 Å². The number of aromatic amines is 1. The lowest BCUT2D eigenvalue weighted by molar-refractivity contribution is 0.0217. The highest BCUT2D eigenvalue weighted by Crippen LogP contribution is 2.21. The zero-order chi connectivity index (χ0) is 11.8. The second-order valence-electron chi connectivity index (χ2n) is 5.25. The Hall–Kier alpha value is -0.870. The van der Waals surface area contributed by atoms with E-state index in [0.29, 0.717) is 0 Å². The van der Waals surface area contributed by atoms with E-state index in [-0.39, 0.29) is 11.6 Å². The summed E-state index contributed by atoms with van der Waals surface area (Å²) in [6, 6.07) is 0.288. The maximum Gasteiger partial charge on any atom is 0.109 e. The monoisotopic (exact) mass is 223 g/mol. The van der Waals surface area contributed by atoms with Gasteiger partial charge < -0.3 is 15.5 Å². The highest BCUT2D eigenvalue weighted by Gasteiger charge is 2.23. The van der Waals surface area contributed by atoms with Crippen LogP contribution in [0.5, 0.6) is 0 Å². The second-order valence-corrected chi connectivity index (χ2v) is 5.25. The molecule has 90 valence electrons. The van der Waals surface area contributed by atoms with Crippen molar-refractivity contribution in [1.82, 2.24) is 9.97 Å². The van der Waals surface area contributed by atoms with Crippen LogP contribution < -0.4 is 5.73 Å². The van der Waals surface area contributed by atoms with Crippen LogP contribution in [0.4, 0.5) is 0 Å². The van der Waals surface area contributed by atoms with Crippen molar-refractivity contribution in [1.29, 1.82) is 0 Å². The molecule has 4 nitrogen and oxygen atoms in total. The van der Waals surface area contributed by atoms with Crippen LogP contribution in [0, 0.1) is 0 Å². The number of nitrogens with two attached hydrogens (primary N) is 1. The van der Waals surface area contributed by atoms with E-state index in [0.717, 1.165) is 31.5 Å². The summed E-state index contributed by atoms with van der Waals surface area (Å²) in [5, 5.41) is 0. The summed E-state index contributed by atoms with van der Waals surface area (Å²) in [5.74, 6) is 1.02. The van der Waals surface area contributed by atoms with E-state index in [1.165, 1.54) is 11.4 Å². The van der Waals surface area contributed by atoms with Crippen molar-refractivity contribution in [2.24, 2.45) is 5.73 Å². The highest BCUT2D eigenvalue weighted by atomic mass is 16.5. The number of imidazole rings is 1. The summed E-state index contributed by atoms with van der Waals surface area (Å²) in [7, 11) is 1.73. The van der Waals surface area contributed by atoms with Gasteiger partial charge in [-0.1, -0.05) is 0 Å². The average Bonchev–Trinajstić information content (AvgIpc) is 2.58. The fraction of sp³-hybridized carbons (Fsp3) is 0.750. The van der Waals surface area contributed by atoms with Crippen LogP contribution in [0.25, 0.3) is 0 Å². The van der Waals surface area contributed by atoms with E-state index in [2.05, 4.69) is 23.8 Å². The van der Waals surface area contributed by atoms with E-state index in [4.69, 9.17) is 10.5 Å². The molecule has 0 spiro atoms. The van der Waals surface area contributed by atoms with Crippen molar-refractivity contribution in [2.45, 2.75) is 51.2 Å². The van der Waals surface area contributed by atoms with Crippen molar-refractivity contribution in [3.63, 3.8) is 0 Å². The SMILES string of the molecule is COC(C)(C)Cc1nc2c([nH]1)CC(N)CC2. The molecule has 1 aromatic rings. The number of aromatic nitrogens is 2. The molecule has 3 N–H and O–H groups in total. The molecule has 0 bridgehead atoms. The lowest BCUT2D eigenvalue weighted by Gasteiger charge is -2.21. The van der Waals surface area contributed by atoms with Gasteiger partial charge >= 0.3 is 0 Å². The van der Waals surface area contributed by atoms with Crippen molar-refractivity contribution in [3.05, 3.63) is 17.2 Å². The smallest absolute Gasteiger partial charge is 0.109 e. The number of nitrogens with zero attached hydrogens (tertiary/aromatic N) is 1. The standard InChI is InChI=1S/C12H21N3O/c1-12(2,16-3)7-11-14-9-5-4-8(13)6-10(9)15-11/h8H,4-7,13H2,1-3H3,(H,14,15).